The van der Waals surface area contributed by atoms with Gasteiger partial charge in [0.05, 0.1) is 31.4 Å². The van der Waals surface area contributed by atoms with E-state index in [9.17, 15) is 13.2 Å². The van der Waals surface area contributed by atoms with Crippen LogP contribution >= 0.6 is 0 Å². The van der Waals surface area contributed by atoms with Crippen LogP contribution in [0.4, 0.5) is 5.69 Å². The van der Waals surface area contributed by atoms with Gasteiger partial charge in [-0.15, -0.1) is 0 Å². The van der Waals surface area contributed by atoms with Crippen LogP contribution < -0.4 is 5.32 Å². The van der Waals surface area contributed by atoms with Crippen molar-refractivity contribution < 1.29 is 17.9 Å². The number of anilines is 1. The van der Waals surface area contributed by atoms with Crippen LogP contribution in [0.3, 0.4) is 0 Å². The van der Waals surface area contributed by atoms with Gasteiger partial charge in [0.1, 0.15) is 6.54 Å². The van der Waals surface area contributed by atoms with Crippen molar-refractivity contribution in [3.05, 3.63) is 37.1 Å². The zero-order chi connectivity index (χ0) is 17.0. The second-order valence-corrected chi connectivity index (χ2v) is 7.08. The Kier molecular flexibility index (Phi) is 4.88. The molecule has 0 aliphatic carbocycles. The molecule has 1 aliphatic heterocycles. The van der Waals surface area contributed by atoms with Crippen molar-refractivity contribution in [1.82, 2.24) is 18.8 Å². The number of pyridine rings is 1. The summed E-state index contributed by atoms with van der Waals surface area (Å²) in [6.45, 7) is 1.30. The summed E-state index contributed by atoms with van der Waals surface area (Å²) in [4.78, 5) is 19.8. The summed E-state index contributed by atoms with van der Waals surface area (Å²) in [5, 5.41) is 2.60. The van der Waals surface area contributed by atoms with Crippen LogP contribution in [0.25, 0.3) is 0 Å². The molecule has 0 radical (unpaired) electrons. The molecule has 0 aromatic carbocycles. The topological polar surface area (TPSA) is 106 Å². The SMILES string of the molecule is O=C(Cn1cnc(S(=O)(=O)N2CCOCC2)c1)Nc1cccnc1. The minimum absolute atomic E-state index is 0.0411. The average Bonchev–Trinajstić information content (AvgIpc) is 3.05. The van der Waals surface area contributed by atoms with Crippen molar-refractivity contribution in [2.24, 2.45) is 0 Å². The van der Waals surface area contributed by atoms with Crippen LogP contribution in [0.15, 0.2) is 42.1 Å². The number of carbonyl (C=O) groups excluding carboxylic acids is 1. The first-order valence-electron chi connectivity index (χ1n) is 7.35. The number of imidazole rings is 1. The number of nitrogens with one attached hydrogen (secondary N) is 1. The van der Waals surface area contributed by atoms with Crippen LogP contribution in [0.5, 0.6) is 0 Å². The Balaban J connectivity index is 1.65. The largest absolute Gasteiger partial charge is 0.379 e. The summed E-state index contributed by atoms with van der Waals surface area (Å²) in [6.07, 6.45) is 5.82. The first-order valence-corrected chi connectivity index (χ1v) is 8.79. The maximum absolute atomic E-state index is 12.5. The molecule has 2 aromatic rings. The molecule has 1 N–H and O–H groups in total. The number of sulfonamides is 1. The van der Waals surface area contributed by atoms with Crippen molar-refractivity contribution >= 4 is 21.6 Å². The van der Waals surface area contributed by atoms with Crippen molar-refractivity contribution in [2.75, 3.05) is 31.6 Å². The third-order valence-corrected chi connectivity index (χ3v) is 5.24. The lowest BCUT2D eigenvalue weighted by Crippen LogP contribution is -2.40. The van der Waals surface area contributed by atoms with Gasteiger partial charge in [-0.2, -0.15) is 4.31 Å². The van der Waals surface area contributed by atoms with Gasteiger partial charge in [-0.25, -0.2) is 13.4 Å². The Morgan fingerprint density at radius 3 is 2.83 bits per heavy atom. The monoisotopic (exact) mass is 351 g/mol. The van der Waals surface area contributed by atoms with Gasteiger partial charge < -0.3 is 14.6 Å². The highest BCUT2D eigenvalue weighted by Crippen LogP contribution is 2.15. The van der Waals surface area contributed by atoms with E-state index in [-0.39, 0.29) is 17.5 Å². The molecule has 1 saturated heterocycles. The number of hydrogen-bond donors (Lipinski definition) is 1. The van der Waals surface area contributed by atoms with Crippen LogP contribution in [0, 0.1) is 0 Å². The number of amides is 1. The van der Waals surface area contributed by atoms with E-state index in [1.165, 1.54) is 27.6 Å². The van der Waals surface area contributed by atoms with Gasteiger partial charge >= 0.3 is 0 Å². The highest BCUT2D eigenvalue weighted by atomic mass is 32.2. The molecule has 10 heteroatoms. The number of nitrogens with zero attached hydrogens (tertiary/aromatic N) is 4. The summed E-state index contributed by atoms with van der Waals surface area (Å²) in [7, 11) is -3.66. The predicted octanol–water partition coefficient (Wildman–Crippen LogP) is -0.0623. The maximum atomic E-state index is 12.5. The standard InChI is InChI=1S/C14H17N5O4S/c20-13(17-12-2-1-3-15-8-12)9-18-10-14(16-11-18)24(21,22)19-4-6-23-7-5-19/h1-3,8,10-11H,4-7,9H2,(H,17,20). The van der Waals surface area contributed by atoms with E-state index in [4.69, 9.17) is 4.74 Å². The predicted molar refractivity (Wildman–Crippen MR) is 84.7 cm³/mol. The molecule has 1 amide bonds. The fraction of sp³-hybridized carbons (Fsp3) is 0.357. The van der Waals surface area contributed by atoms with E-state index in [1.54, 1.807) is 18.3 Å². The minimum Gasteiger partial charge on any atom is -0.379 e. The number of ether oxygens (including phenoxy) is 1. The fourth-order valence-electron chi connectivity index (χ4n) is 2.28. The first kappa shape index (κ1) is 16.6. The van der Waals surface area contributed by atoms with Crippen LogP contribution in [-0.4, -0.2) is 59.5 Å². The Hall–Kier alpha value is -2.30. The van der Waals surface area contributed by atoms with Crippen LogP contribution in [0.1, 0.15) is 0 Å². The average molecular weight is 351 g/mol. The van der Waals surface area contributed by atoms with E-state index in [0.717, 1.165) is 0 Å². The zero-order valence-corrected chi connectivity index (χ0v) is 13.6. The van der Waals surface area contributed by atoms with E-state index in [0.29, 0.717) is 32.0 Å². The van der Waals surface area contributed by atoms with E-state index >= 15 is 0 Å². The van der Waals surface area contributed by atoms with Gasteiger partial charge in [-0.1, -0.05) is 0 Å². The van der Waals surface area contributed by atoms with E-state index < -0.39 is 10.0 Å². The van der Waals surface area contributed by atoms with Gasteiger partial charge in [0.25, 0.3) is 10.0 Å². The Morgan fingerprint density at radius 1 is 1.33 bits per heavy atom. The molecule has 0 bridgehead atoms. The van der Waals surface area contributed by atoms with Gasteiger partial charge in [0, 0.05) is 25.5 Å². The zero-order valence-electron chi connectivity index (χ0n) is 12.8. The number of rotatable bonds is 5. The molecule has 3 rings (SSSR count). The van der Waals surface area contributed by atoms with Crippen molar-refractivity contribution in [3.63, 3.8) is 0 Å². The van der Waals surface area contributed by atoms with Crippen molar-refractivity contribution in [3.8, 4) is 0 Å². The summed E-state index contributed by atoms with van der Waals surface area (Å²) in [6, 6.07) is 3.42. The van der Waals surface area contributed by atoms with Crippen molar-refractivity contribution in [2.45, 2.75) is 11.6 Å². The third-order valence-electron chi connectivity index (χ3n) is 3.46. The lowest BCUT2D eigenvalue weighted by molar-refractivity contribution is -0.116. The molecule has 24 heavy (non-hydrogen) atoms. The summed E-state index contributed by atoms with van der Waals surface area (Å²) >= 11 is 0. The molecule has 0 unspecified atom stereocenters. The summed E-state index contributed by atoms with van der Waals surface area (Å²) in [5.74, 6) is -0.296. The molecule has 0 spiro atoms. The van der Waals surface area contributed by atoms with Gasteiger partial charge in [-0.05, 0) is 12.1 Å². The second-order valence-electron chi connectivity index (χ2n) is 5.19. The normalized spacial score (nSPS) is 16.0. The quantitative estimate of drug-likeness (QED) is 0.809. The minimum atomic E-state index is -3.66. The Bertz CT molecular complexity index is 800. The fourth-order valence-corrected chi connectivity index (χ4v) is 3.62. The van der Waals surface area contributed by atoms with E-state index in [1.807, 2.05) is 0 Å². The highest BCUT2D eigenvalue weighted by Gasteiger charge is 2.28. The molecule has 3 heterocycles. The smallest absolute Gasteiger partial charge is 0.262 e. The van der Waals surface area contributed by atoms with Gasteiger partial charge in [-0.3, -0.25) is 9.78 Å². The molecule has 1 aliphatic rings. The Morgan fingerprint density at radius 2 is 2.12 bits per heavy atom. The Labute approximate surface area is 139 Å². The third kappa shape index (κ3) is 3.78. The van der Waals surface area contributed by atoms with Gasteiger partial charge in [0.2, 0.25) is 5.91 Å². The number of morpholine rings is 1. The summed E-state index contributed by atoms with van der Waals surface area (Å²) < 4.78 is 32.8. The molecule has 1 fully saturated rings. The number of hydrogen-bond acceptors (Lipinski definition) is 6. The maximum Gasteiger partial charge on any atom is 0.262 e. The van der Waals surface area contributed by atoms with E-state index in [2.05, 4.69) is 15.3 Å². The number of carbonyl (C=O) groups is 1. The first-order chi connectivity index (χ1) is 11.6. The van der Waals surface area contributed by atoms with Crippen LogP contribution in [-0.2, 0) is 26.1 Å². The second kappa shape index (κ2) is 7.07. The highest BCUT2D eigenvalue weighted by molar-refractivity contribution is 7.89. The van der Waals surface area contributed by atoms with Crippen LogP contribution in [0.2, 0.25) is 0 Å². The lowest BCUT2D eigenvalue weighted by Gasteiger charge is -2.24. The lowest BCUT2D eigenvalue weighted by atomic mass is 10.4. The molecule has 0 saturated carbocycles. The van der Waals surface area contributed by atoms with Gasteiger partial charge in [0.15, 0.2) is 5.03 Å². The molecule has 0 atom stereocenters. The molecule has 128 valence electrons. The molecular weight excluding hydrogens is 334 g/mol. The molecule has 9 nitrogen and oxygen atoms in total. The molecule has 2 aromatic heterocycles. The molecular formula is C14H17N5O4S. The summed E-state index contributed by atoms with van der Waals surface area (Å²) in [5.41, 5.74) is 0.573. The van der Waals surface area contributed by atoms with Crippen molar-refractivity contribution in [1.29, 1.82) is 0 Å². The number of aromatic nitrogens is 3.